The highest BCUT2D eigenvalue weighted by molar-refractivity contribution is 7.17. The Morgan fingerprint density at radius 2 is 2.00 bits per heavy atom. The molecule has 1 aromatic heterocycles. The van der Waals surface area contributed by atoms with Gasteiger partial charge in [0.15, 0.2) is 6.10 Å². The molecule has 8 heteroatoms. The van der Waals surface area contributed by atoms with Gasteiger partial charge in [-0.1, -0.05) is 36.4 Å². The van der Waals surface area contributed by atoms with Gasteiger partial charge in [0.05, 0.1) is 12.2 Å². The Labute approximate surface area is 192 Å². The summed E-state index contributed by atoms with van der Waals surface area (Å²) < 4.78 is 10.4. The molecule has 1 N–H and O–H groups in total. The number of anilines is 1. The molecule has 170 valence electrons. The standard InChI is InChI=1S/C24H28N2O5S/c1-4-9-20(27)31-16(3)22(28)25-23-21(24(29)30-5-2)18-12-13-26(15-19(18)32-23)14-17-10-7-6-8-11-17/h4,6-11,16H,5,12-15H2,1-3H3,(H,25,28)/b9-4+. The molecule has 7 nitrogen and oxygen atoms in total. The molecule has 0 saturated carbocycles. The van der Waals surface area contributed by atoms with Crippen LogP contribution in [0.4, 0.5) is 5.00 Å². The molecule has 0 fully saturated rings. The Hall–Kier alpha value is -2.97. The van der Waals surface area contributed by atoms with Gasteiger partial charge in [-0.2, -0.15) is 0 Å². The average molecular weight is 457 g/mol. The third kappa shape index (κ3) is 5.83. The molecule has 0 bridgehead atoms. The van der Waals surface area contributed by atoms with Crippen molar-refractivity contribution in [3.63, 3.8) is 0 Å². The maximum Gasteiger partial charge on any atom is 0.341 e. The summed E-state index contributed by atoms with van der Waals surface area (Å²) in [6.45, 7) is 7.48. The summed E-state index contributed by atoms with van der Waals surface area (Å²) in [5.41, 5.74) is 2.56. The molecule has 2 heterocycles. The number of rotatable bonds is 8. The van der Waals surface area contributed by atoms with E-state index in [1.807, 2.05) is 18.2 Å². The smallest absolute Gasteiger partial charge is 0.341 e. The third-order valence-electron chi connectivity index (χ3n) is 5.07. The topological polar surface area (TPSA) is 84.9 Å². The van der Waals surface area contributed by atoms with Gasteiger partial charge in [-0.3, -0.25) is 9.69 Å². The van der Waals surface area contributed by atoms with Crippen molar-refractivity contribution in [2.75, 3.05) is 18.5 Å². The quantitative estimate of drug-likeness (QED) is 0.479. The highest BCUT2D eigenvalue weighted by Gasteiger charge is 2.30. The lowest BCUT2D eigenvalue weighted by atomic mass is 10.0. The van der Waals surface area contributed by atoms with Crippen molar-refractivity contribution in [1.82, 2.24) is 4.90 Å². The van der Waals surface area contributed by atoms with Crippen molar-refractivity contribution in [3.05, 3.63) is 64.1 Å². The molecule has 1 unspecified atom stereocenters. The van der Waals surface area contributed by atoms with Crippen LogP contribution in [0.25, 0.3) is 0 Å². The van der Waals surface area contributed by atoms with Gasteiger partial charge in [0.2, 0.25) is 0 Å². The molecule has 1 aromatic carbocycles. The number of fused-ring (bicyclic) bond motifs is 1. The molecule has 2 aromatic rings. The summed E-state index contributed by atoms with van der Waals surface area (Å²) in [6, 6.07) is 10.2. The predicted molar refractivity (Wildman–Crippen MR) is 124 cm³/mol. The van der Waals surface area contributed by atoms with E-state index in [1.54, 1.807) is 19.9 Å². The van der Waals surface area contributed by atoms with Crippen LogP contribution in [0.2, 0.25) is 0 Å². The molecule has 0 spiro atoms. The van der Waals surface area contributed by atoms with Gasteiger partial charge in [0, 0.05) is 30.6 Å². The Morgan fingerprint density at radius 1 is 1.25 bits per heavy atom. The van der Waals surface area contributed by atoms with Gasteiger partial charge >= 0.3 is 11.9 Å². The first-order valence-corrected chi connectivity index (χ1v) is 11.5. The van der Waals surface area contributed by atoms with E-state index in [2.05, 4.69) is 22.3 Å². The van der Waals surface area contributed by atoms with E-state index in [9.17, 15) is 14.4 Å². The molecule has 0 aliphatic carbocycles. The van der Waals surface area contributed by atoms with Crippen LogP contribution in [0.15, 0.2) is 42.5 Å². The van der Waals surface area contributed by atoms with Gasteiger partial charge < -0.3 is 14.8 Å². The highest BCUT2D eigenvalue weighted by Crippen LogP contribution is 2.38. The van der Waals surface area contributed by atoms with Crippen molar-refractivity contribution in [1.29, 1.82) is 0 Å². The summed E-state index contributed by atoms with van der Waals surface area (Å²) in [5.74, 6) is -1.54. The van der Waals surface area contributed by atoms with Crippen LogP contribution in [0.3, 0.4) is 0 Å². The van der Waals surface area contributed by atoms with Crippen LogP contribution in [0.5, 0.6) is 0 Å². The van der Waals surface area contributed by atoms with Crippen LogP contribution in [0, 0.1) is 0 Å². The lowest BCUT2D eigenvalue weighted by molar-refractivity contribution is -0.148. The molecule has 3 rings (SSSR count). The molecule has 32 heavy (non-hydrogen) atoms. The number of carbonyl (C=O) groups is 3. The number of nitrogens with zero attached hydrogens (tertiary/aromatic N) is 1. The first kappa shape index (κ1) is 23.7. The second-order valence-electron chi connectivity index (χ2n) is 7.44. The first-order valence-electron chi connectivity index (χ1n) is 10.6. The maximum atomic E-state index is 12.7. The Bertz CT molecular complexity index is 999. The van der Waals surface area contributed by atoms with Gasteiger partial charge in [0.1, 0.15) is 5.00 Å². The predicted octanol–water partition coefficient (Wildman–Crippen LogP) is 3.93. The second kappa shape index (κ2) is 11.1. The van der Waals surface area contributed by atoms with Crippen LogP contribution in [0.1, 0.15) is 47.1 Å². The van der Waals surface area contributed by atoms with Crippen molar-refractivity contribution in [2.45, 2.75) is 46.4 Å². The molecule has 1 amide bonds. The molecule has 1 aliphatic rings. The minimum absolute atomic E-state index is 0.244. The SMILES string of the molecule is C/C=C/C(=O)OC(C)C(=O)Nc1sc2c(c1C(=O)OCC)CCN(Cc1ccccc1)C2. The number of thiophene rings is 1. The number of esters is 2. The fourth-order valence-corrected chi connectivity index (χ4v) is 4.84. The Balaban J connectivity index is 1.79. The fourth-order valence-electron chi connectivity index (χ4n) is 3.56. The van der Waals surface area contributed by atoms with E-state index in [-0.39, 0.29) is 6.61 Å². The molecule has 0 saturated heterocycles. The molecule has 1 atom stereocenters. The largest absolute Gasteiger partial charge is 0.462 e. The summed E-state index contributed by atoms with van der Waals surface area (Å²) >= 11 is 1.38. The lowest BCUT2D eigenvalue weighted by Crippen LogP contribution is -2.30. The zero-order valence-electron chi connectivity index (χ0n) is 18.6. The van der Waals surface area contributed by atoms with Crippen molar-refractivity contribution >= 4 is 34.2 Å². The molecule has 0 radical (unpaired) electrons. The van der Waals surface area contributed by atoms with E-state index in [0.29, 0.717) is 23.5 Å². The summed E-state index contributed by atoms with van der Waals surface area (Å²) in [7, 11) is 0. The average Bonchev–Trinajstić information content (AvgIpc) is 3.11. The Morgan fingerprint density at radius 3 is 2.69 bits per heavy atom. The van der Waals surface area contributed by atoms with Crippen molar-refractivity contribution in [2.24, 2.45) is 0 Å². The molecular formula is C24H28N2O5S. The monoisotopic (exact) mass is 456 g/mol. The van der Waals surface area contributed by atoms with E-state index < -0.39 is 23.9 Å². The Kier molecular flexibility index (Phi) is 8.19. The number of amides is 1. The van der Waals surface area contributed by atoms with Crippen LogP contribution in [-0.4, -0.2) is 42.0 Å². The highest BCUT2D eigenvalue weighted by atomic mass is 32.1. The van der Waals surface area contributed by atoms with Gasteiger partial charge in [-0.15, -0.1) is 11.3 Å². The lowest BCUT2D eigenvalue weighted by Gasteiger charge is -2.27. The maximum absolute atomic E-state index is 12.7. The number of ether oxygens (including phenoxy) is 2. The van der Waals surface area contributed by atoms with E-state index in [0.717, 1.165) is 23.5 Å². The fraction of sp³-hybridized carbons (Fsp3) is 0.375. The number of nitrogens with one attached hydrogen (secondary N) is 1. The van der Waals surface area contributed by atoms with Crippen molar-refractivity contribution < 1.29 is 23.9 Å². The minimum atomic E-state index is -0.998. The van der Waals surface area contributed by atoms with Crippen LogP contribution < -0.4 is 5.32 Å². The number of hydrogen-bond acceptors (Lipinski definition) is 7. The summed E-state index contributed by atoms with van der Waals surface area (Å²) in [6.07, 6.45) is 2.48. The van der Waals surface area contributed by atoms with E-state index in [4.69, 9.17) is 9.47 Å². The zero-order valence-corrected chi connectivity index (χ0v) is 19.4. The minimum Gasteiger partial charge on any atom is -0.462 e. The van der Waals surface area contributed by atoms with E-state index in [1.165, 1.54) is 29.9 Å². The zero-order chi connectivity index (χ0) is 23.1. The first-order chi connectivity index (χ1) is 15.4. The van der Waals surface area contributed by atoms with Gasteiger partial charge in [0.25, 0.3) is 5.91 Å². The number of allylic oxidation sites excluding steroid dienone is 1. The van der Waals surface area contributed by atoms with Gasteiger partial charge in [-0.25, -0.2) is 9.59 Å². The number of hydrogen-bond donors (Lipinski definition) is 1. The normalized spacial score (nSPS) is 14.6. The van der Waals surface area contributed by atoms with E-state index >= 15 is 0 Å². The number of carbonyl (C=O) groups excluding carboxylic acids is 3. The van der Waals surface area contributed by atoms with Crippen LogP contribution in [-0.2, 0) is 38.6 Å². The second-order valence-corrected chi connectivity index (χ2v) is 8.55. The molecular weight excluding hydrogens is 428 g/mol. The summed E-state index contributed by atoms with van der Waals surface area (Å²) in [4.78, 5) is 40.3. The van der Waals surface area contributed by atoms with Crippen molar-refractivity contribution in [3.8, 4) is 0 Å². The molecule has 1 aliphatic heterocycles. The van der Waals surface area contributed by atoms with Crippen LogP contribution >= 0.6 is 11.3 Å². The number of benzene rings is 1. The van der Waals surface area contributed by atoms with Gasteiger partial charge in [-0.05, 0) is 38.3 Å². The third-order valence-corrected chi connectivity index (χ3v) is 6.20. The summed E-state index contributed by atoms with van der Waals surface area (Å²) in [5, 5.41) is 3.22.